The molecule has 6 atom stereocenters. The number of carboxylic acid groups (broad SMARTS) is 2. The van der Waals surface area contributed by atoms with Crippen LogP contribution in [0, 0.1) is 17.8 Å². The predicted molar refractivity (Wildman–Crippen MR) is 221 cm³/mol. The van der Waals surface area contributed by atoms with Crippen LogP contribution in [-0.2, 0) is 49.5 Å². The molecule has 1 aromatic rings. The van der Waals surface area contributed by atoms with E-state index in [9.17, 15) is 53.7 Å². The third-order valence-corrected chi connectivity index (χ3v) is 9.44. The summed E-state index contributed by atoms with van der Waals surface area (Å²) in [4.78, 5) is 101. The maximum Gasteiger partial charge on any atom is 0.326 e. The highest BCUT2D eigenvalue weighted by Gasteiger charge is 2.35. The SMILES string of the molecule is CC(C)C[C@H](NC(=O)[C@H](CC(=O)O)NC(=O)[C@H](CC(N)=O)NC(=O)[C@@H](NC(=O)[C@@H](NCCCCCCCCOC(=O)[C@@H](N)Cc1ccc(O)cc1)C(C)C)C(C)C)C(=O)O. The Morgan fingerprint density at radius 2 is 1.15 bits per heavy atom. The van der Waals surface area contributed by atoms with E-state index in [1.807, 2.05) is 13.8 Å². The quantitative estimate of drug-likeness (QED) is 0.0379. The molecular weight excluding hydrogens is 782 g/mol. The van der Waals surface area contributed by atoms with Crippen LogP contribution in [0.5, 0.6) is 5.75 Å². The Kier molecular flexibility index (Phi) is 24.1. The fourth-order valence-corrected chi connectivity index (χ4v) is 6.14. The number of carboxylic acids is 2. The lowest BCUT2D eigenvalue weighted by molar-refractivity contribution is -0.145. The van der Waals surface area contributed by atoms with Crippen LogP contribution in [0.4, 0.5) is 0 Å². The van der Waals surface area contributed by atoms with Crippen molar-refractivity contribution < 1.29 is 58.4 Å². The van der Waals surface area contributed by atoms with Crippen LogP contribution in [-0.4, -0.2) is 112 Å². The van der Waals surface area contributed by atoms with Gasteiger partial charge in [0.25, 0.3) is 0 Å². The number of ether oxygens (including phenoxy) is 1. The van der Waals surface area contributed by atoms with E-state index in [-0.39, 0.29) is 30.6 Å². The van der Waals surface area contributed by atoms with Gasteiger partial charge in [-0.3, -0.25) is 33.6 Å². The largest absolute Gasteiger partial charge is 0.508 e. The second-order valence-corrected chi connectivity index (χ2v) is 16.1. The zero-order valence-corrected chi connectivity index (χ0v) is 35.7. The number of amides is 5. The molecule has 1 rings (SSSR count). The first-order valence-corrected chi connectivity index (χ1v) is 20.5. The van der Waals surface area contributed by atoms with Crippen LogP contribution >= 0.6 is 0 Å². The second-order valence-electron chi connectivity index (χ2n) is 16.1. The maximum atomic E-state index is 13.5. The molecule has 0 aliphatic carbocycles. The molecule has 0 aromatic heterocycles. The number of phenols is 1. The number of primary amides is 1. The van der Waals surface area contributed by atoms with Crippen molar-refractivity contribution in [3.63, 3.8) is 0 Å². The van der Waals surface area contributed by atoms with Gasteiger partial charge in [-0.15, -0.1) is 0 Å². The van der Waals surface area contributed by atoms with Gasteiger partial charge >= 0.3 is 17.9 Å². The van der Waals surface area contributed by atoms with Gasteiger partial charge in [0.15, 0.2) is 0 Å². The maximum absolute atomic E-state index is 13.5. The topological polar surface area (TPSA) is 319 Å². The van der Waals surface area contributed by atoms with Crippen molar-refractivity contribution in [2.24, 2.45) is 29.2 Å². The molecule has 60 heavy (non-hydrogen) atoms. The van der Waals surface area contributed by atoms with Crippen molar-refractivity contribution in [2.75, 3.05) is 13.2 Å². The zero-order valence-electron chi connectivity index (χ0n) is 35.7. The van der Waals surface area contributed by atoms with Crippen molar-refractivity contribution >= 4 is 47.4 Å². The molecule has 19 heteroatoms. The van der Waals surface area contributed by atoms with Crippen molar-refractivity contribution in [3.8, 4) is 5.75 Å². The van der Waals surface area contributed by atoms with Gasteiger partial charge < -0.3 is 58.1 Å². The summed E-state index contributed by atoms with van der Waals surface area (Å²) in [6.07, 6.45) is 3.71. The molecule has 0 radical (unpaired) electrons. The van der Waals surface area contributed by atoms with Crippen molar-refractivity contribution in [3.05, 3.63) is 29.8 Å². The van der Waals surface area contributed by atoms with Crippen LogP contribution < -0.4 is 38.1 Å². The van der Waals surface area contributed by atoms with Crippen LogP contribution in [0.25, 0.3) is 0 Å². The lowest BCUT2D eigenvalue weighted by Gasteiger charge is -2.29. The molecule has 0 aliphatic rings. The van der Waals surface area contributed by atoms with Gasteiger partial charge in [-0.05, 0) is 67.7 Å². The number of carbonyl (C=O) groups excluding carboxylic acids is 6. The fourth-order valence-electron chi connectivity index (χ4n) is 6.14. The zero-order chi connectivity index (χ0) is 45.5. The molecule has 0 saturated carbocycles. The minimum atomic E-state index is -1.76. The summed E-state index contributed by atoms with van der Waals surface area (Å²) in [6, 6.07) is -0.990. The van der Waals surface area contributed by atoms with Gasteiger partial charge in [0.1, 0.15) is 36.0 Å². The smallest absolute Gasteiger partial charge is 0.326 e. The summed E-state index contributed by atoms with van der Waals surface area (Å²) in [6.45, 7) is 11.2. The normalized spacial score (nSPS) is 14.3. The molecule has 338 valence electrons. The van der Waals surface area contributed by atoms with Crippen molar-refractivity contribution in [1.82, 2.24) is 26.6 Å². The average Bonchev–Trinajstić information content (AvgIpc) is 3.14. The summed E-state index contributed by atoms with van der Waals surface area (Å²) in [5, 5.41) is 41.1. The predicted octanol–water partition coefficient (Wildman–Crippen LogP) is 0.836. The van der Waals surface area contributed by atoms with Crippen LogP contribution in [0.1, 0.15) is 105 Å². The van der Waals surface area contributed by atoms with Crippen molar-refractivity contribution in [2.45, 2.75) is 142 Å². The Morgan fingerprint density at radius 1 is 0.650 bits per heavy atom. The van der Waals surface area contributed by atoms with Crippen LogP contribution in [0.3, 0.4) is 0 Å². The Morgan fingerprint density at radius 3 is 1.67 bits per heavy atom. The van der Waals surface area contributed by atoms with Gasteiger partial charge in [0.05, 0.1) is 25.5 Å². The van der Waals surface area contributed by atoms with E-state index in [1.165, 1.54) is 12.1 Å². The summed E-state index contributed by atoms with van der Waals surface area (Å²) >= 11 is 0. The molecule has 0 heterocycles. The molecule has 0 bridgehead atoms. The van der Waals surface area contributed by atoms with Gasteiger partial charge in [-0.25, -0.2) is 4.79 Å². The molecular formula is C41H67N7O12. The number of phenolic OH excluding ortho intramolecular Hbond substituents is 1. The van der Waals surface area contributed by atoms with E-state index in [0.717, 1.165) is 37.7 Å². The first kappa shape index (κ1) is 52.7. The van der Waals surface area contributed by atoms with E-state index >= 15 is 0 Å². The molecule has 19 nitrogen and oxygen atoms in total. The lowest BCUT2D eigenvalue weighted by Crippen LogP contribution is -2.60. The minimum Gasteiger partial charge on any atom is -0.508 e. The molecule has 0 saturated heterocycles. The summed E-state index contributed by atoms with van der Waals surface area (Å²) < 4.78 is 5.31. The number of hydrogen-bond donors (Lipinski definition) is 10. The van der Waals surface area contributed by atoms with Gasteiger partial charge in [0.2, 0.25) is 29.5 Å². The molecule has 0 fully saturated rings. The monoisotopic (exact) mass is 849 g/mol. The number of aromatic hydroxyl groups is 1. The number of hydrogen-bond acceptors (Lipinski definition) is 12. The summed E-state index contributed by atoms with van der Waals surface area (Å²) in [5.74, 6) is -8.54. The molecule has 0 unspecified atom stereocenters. The van der Waals surface area contributed by atoms with Crippen LogP contribution in [0.2, 0.25) is 0 Å². The Labute approximate surface area is 351 Å². The highest BCUT2D eigenvalue weighted by atomic mass is 16.5. The first-order chi connectivity index (χ1) is 28.1. The third-order valence-electron chi connectivity index (χ3n) is 9.44. The molecule has 5 amide bonds. The second kappa shape index (κ2) is 27.5. The van der Waals surface area contributed by atoms with E-state index in [1.54, 1.807) is 39.8 Å². The number of nitrogens with two attached hydrogens (primary N) is 2. The highest BCUT2D eigenvalue weighted by molar-refractivity contribution is 5.98. The van der Waals surface area contributed by atoms with E-state index < -0.39 is 102 Å². The number of esters is 1. The van der Waals surface area contributed by atoms with Crippen LogP contribution in [0.15, 0.2) is 24.3 Å². The molecule has 0 aliphatic heterocycles. The average molecular weight is 850 g/mol. The Bertz CT molecular complexity index is 1570. The summed E-state index contributed by atoms with van der Waals surface area (Å²) in [7, 11) is 0. The standard InChI is InChI=1S/C41H67N7O12/c1-23(2)19-31(40(57)58)47-37(54)30(22-33(51)52)45-36(53)29(21-32(43)50)46-39(56)35(25(5)6)48-38(55)34(24(3)4)44-17-11-9-7-8-10-12-18-60-41(59)28(42)20-26-13-15-27(49)16-14-26/h13-16,23-25,28-31,34-35,44,49H,7-12,17-22,42H2,1-6H3,(H2,43,50)(H,45,53)(H,46,56)(H,47,54)(H,48,55)(H,51,52)(H,57,58)/t28-,29-,30-,31-,34-,35-/m0/s1. The fraction of sp³-hybridized carbons (Fsp3) is 0.659. The molecule has 1 aromatic carbocycles. The Hall–Kier alpha value is -5.30. The number of carbonyl (C=O) groups is 8. The molecule has 0 spiro atoms. The molecule has 12 N–H and O–H groups in total. The van der Waals surface area contributed by atoms with Gasteiger partial charge in [-0.1, -0.05) is 79.4 Å². The lowest BCUT2D eigenvalue weighted by atomic mass is 9.99. The minimum absolute atomic E-state index is 0.0242. The summed E-state index contributed by atoms with van der Waals surface area (Å²) in [5.41, 5.74) is 12.1. The third kappa shape index (κ3) is 21.1. The van der Waals surface area contributed by atoms with E-state index in [2.05, 4.69) is 26.6 Å². The van der Waals surface area contributed by atoms with E-state index in [4.69, 9.17) is 16.2 Å². The number of rotatable bonds is 30. The number of nitrogens with one attached hydrogen (secondary N) is 5. The van der Waals surface area contributed by atoms with Gasteiger partial charge in [0, 0.05) is 0 Å². The Balaban J connectivity index is 2.71. The number of benzene rings is 1. The number of unbranched alkanes of at least 4 members (excludes halogenated alkanes) is 5. The first-order valence-electron chi connectivity index (χ1n) is 20.5. The number of aliphatic carboxylic acids is 2. The highest BCUT2D eigenvalue weighted by Crippen LogP contribution is 2.13. The van der Waals surface area contributed by atoms with E-state index in [0.29, 0.717) is 19.4 Å². The van der Waals surface area contributed by atoms with Crippen molar-refractivity contribution in [1.29, 1.82) is 0 Å². The van der Waals surface area contributed by atoms with Gasteiger partial charge in [-0.2, -0.15) is 0 Å².